The van der Waals surface area contributed by atoms with Crippen LogP contribution in [0, 0.1) is 17.2 Å². The molecule has 1 fully saturated rings. The molecule has 1 saturated heterocycles. The van der Waals surface area contributed by atoms with Gasteiger partial charge in [0.15, 0.2) is 0 Å². The number of carbonyl (C=O) groups is 2. The molecule has 1 aromatic heterocycles. The van der Waals surface area contributed by atoms with E-state index in [4.69, 9.17) is 9.68 Å². The number of furan rings is 1. The van der Waals surface area contributed by atoms with Gasteiger partial charge in [-0.15, -0.1) is 0 Å². The molecule has 2 amide bonds. The van der Waals surface area contributed by atoms with Crippen LogP contribution in [0.3, 0.4) is 0 Å². The second kappa shape index (κ2) is 7.22. The fourth-order valence-electron chi connectivity index (χ4n) is 3.08. The molecular weight excluding hydrogens is 318 g/mol. The molecule has 6 heteroatoms. The molecule has 0 saturated carbocycles. The Labute approximate surface area is 146 Å². The molecule has 128 valence electrons. The van der Waals surface area contributed by atoms with Crippen molar-refractivity contribution in [3.05, 3.63) is 54.0 Å². The maximum atomic E-state index is 12.7. The Hall–Kier alpha value is -3.07. The van der Waals surface area contributed by atoms with Crippen LogP contribution in [-0.2, 0) is 9.59 Å². The van der Waals surface area contributed by atoms with E-state index in [-0.39, 0.29) is 6.04 Å². The zero-order valence-electron chi connectivity index (χ0n) is 13.9. The van der Waals surface area contributed by atoms with E-state index in [0.717, 1.165) is 12.8 Å². The van der Waals surface area contributed by atoms with Crippen LogP contribution in [0.15, 0.2) is 47.1 Å². The van der Waals surface area contributed by atoms with Gasteiger partial charge in [-0.05, 0) is 55.2 Å². The highest BCUT2D eigenvalue weighted by atomic mass is 16.3. The number of carbonyl (C=O) groups excluding carboxylic acids is 2. The van der Waals surface area contributed by atoms with Crippen LogP contribution in [0.5, 0.6) is 0 Å². The summed E-state index contributed by atoms with van der Waals surface area (Å²) in [6.45, 7) is 2.65. The second-order valence-corrected chi connectivity index (χ2v) is 6.30. The molecule has 6 nitrogen and oxygen atoms in total. The Morgan fingerprint density at radius 3 is 2.68 bits per heavy atom. The largest absolute Gasteiger partial charge is 0.467 e. The lowest BCUT2D eigenvalue weighted by Crippen LogP contribution is -2.45. The van der Waals surface area contributed by atoms with Gasteiger partial charge in [0.25, 0.3) is 0 Å². The summed E-state index contributed by atoms with van der Waals surface area (Å²) in [7, 11) is 0. The third-order valence-corrected chi connectivity index (χ3v) is 4.46. The lowest BCUT2D eigenvalue weighted by Gasteiger charge is -2.36. The van der Waals surface area contributed by atoms with E-state index in [2.05, 4.69) is 12.2 Å². The first-order valence-electron chi connectivity index (χ1n) is 8.24. The molecule has 0 radical (unpaired) electrons. The van der Waals surface area contributed by atoms with Crippen LogP contribution in [-0.4, -0.2) is 23.3 Å². The van der Waals surface area contributed by atoms with Crippen molar-refractivity contribution in [3.8, 4) is 6.07 Å². The van der Waals surface area contributed by atoms with Crippen LogP contribution in [0.2, 0.25) is 0 Å². The smallest absolute Gasteiger partial charge is 0.313 e. The summed E-state index contributed by atoms with van der Waals surface area (Å²) in [5.41, 5.74) is 0.976. The highest BCUT2D eigenvalue weighted by Crippen LogP contribution is 2.34. The number of likely N-dealkylation sites (tertiary alicyclic amines) is 1. The highest BCUT2D eigenvalue weighted by molar-refractivity contribution is 6.39. The van der Waals surface area contributed by atoms with Gasteiger partial charge in [-0.3, -0.25) is 9.59 Å². The number of nitrogens with one attached hydrogen (secondary N) is 1. The van der Waals surface area contributed by atoms with Gasteiger partial charge in [0, 0.05) is 12.2 Å². The van der Waals surface area contributed by atoms with E-state index in [0.29, 0.717) is 29.5 Å². The van der Waals surface area contributed by atoms with Crippen LogP contribution in [0.25, 0.3) is 0 Å². The molecule has 0 spiro atoms. The van der Waals surface area contributed by atoms with Gasteiger partial charge in [0.05, 0.1) is 23.9 Å². The van der Waals surface area contributed by atoms with Crippen molar-refractivity contribution in [2.75, 3.05) is 11.9 Å². The fourth-order valence-corrected chi connectivity index (χ4v) is 3.08. The van der Waals surface area contributed by atoms with Gasteiger partial charge in [0.2, 0.25) is 0 Å². The third kappa shape index (κ3) is 3.72. The van der Waals surface area contributed by atoms with Crippen LogP contribution in [0.4, 0.5) is 5.69 Å². The first kappa shape index (κ1) is 16.8. The molecule has 3 rings (SSSR count). The Morgan fingerprint density at radius 1 is 1.28 bits per heavy atom. The van der Waals surface area contributed by atoms with Crippen molar-refractivity contribution < 1.29 is 14.0 Å². The first-order valence-corrected chi connectivity index (χ1v) is 8.24. The molecule has 1 N–H and O–H groups in total. The Kier molecular flexibility index (Phi) is 4.85. The molecule has 0 bridgehead atoms. The first-order chi connectivity index (χ1) is 12.1. The Morgan fingerprint density at radius 2 is 2.04 bits per heavy atom. The summed E-state index contributed by atoms with van der Waals surface area (Å²) >= 11 is 0. The monoisotopic (exact) mass is 337 g/mol. The summed E-state index contributed by atoms with van der Waals surface area (Å²) in [5.74, 6) is -0.0970. The lowest BCUT2D eigenvalue weighted by atomic mass is 9.91. The Bertz CT molecular complexity index is 790. The van der Waals surface area contributed by atoms with Gasteiger partial charge in [-0.2, -0.15) is 5.26 Å². The molecule has 0 aliphatic carbocycles. The molecule has 1 aliphatic rings. The molecule has 2 atom stereocenters. The topological polar surface area (TPSA) is 86.3 Å². The van der Waals surface area contributed by atoms with Crippen molar-refractivity contribution in [3.63, 3.8) is 0 Å². The zero-order chi connectivity index (χ0) is 17.8. The predicted molar refractivity (Wildman–Crippen MR) is 91.3 cm³/mol. The normalized spacial score (nSPS) is 19.9. The van der Waals surface area contributed by atoms with Crippen molar-refractivity contribution in [2.45, 2.75) is 25.8 Å². The third-order valence-electron chi connectivity index (χ3n) is 4.46. The van der Waals surface area contributed by atoms with Gasteiger partial charge in [0.1, 0.15) is 5.76 Å². The molecular formula is C19H19N3O3. The molecule has 1 aromatic carbocycles. The standard InChI is InChI=1S/C19H19N3O3/c1-13-8-9-22(16(11-13)17-3-2-10-25-17)19(24)18(23)21-15-6-4-14(12-20)5-7-15/h2-7,10,13,16H,8-9,11H2,1H3,(H,21,23). The summed E-state index contributed by atoms with van der Waals surface area (Å²) in [5, 5.41) is 11.4. The molecule has 2 heterocycles. The number of nitriles is 1. The number of rotatable bonds is 2. The van der Waals surface area contributed by atoms with E-state index in [9.17, 15) is 9.59 Å². The van der Waals surface area contributed by atoms with Crippen LogP contribution >= 0.6 is 0 Å². The molecule has 2 aromatic rings. The number of benzene rings is 1. The minimum Gasteiger partial charge on any atom is -0.467 e. The van der Waals surface area contributed by atoms with E-state index >= 15 is 0 Å². The summed E-state index contributed by atoms with van der Waals surface area (Å²) in [4.78, 5) is 26.6. The maximum Gasteiger partial charge on any atom is 0.313 e. The maximum absolute atomic E-state index is 12.7. The van der Waals surface area contributed by atoms with Crippen LogP contribution < -0.4 is 5.32 Å². The van der Waals surface area contributed by atoms with Crippen molar-refractivity contribution in [2.24, 2.45) is 5.92 Å². The van der Waals surface area contributed by atoms with Crippen LogP contribution in [0.1, 0.15) is 37.1 Å². The van der Waals surface area contributed by atoms with E-state index < -0.39 is 11.8 Å². The van der Waals surface area contributed by atoms with Gasteiger partial charge in [-0.25, -0.2) is 0 Å². The Balaban J connectivity index is 1.73. The number of hydrogen-bond acceptors (Lipinski definition) is 4. The van der Waals surface area contributed by atoms with Gasteiger partial charge >= 0.3 is 11.8 Å². The van der Waals surface area contributed by atoms with E-state index in [1.807, 2.05) is 12.1 Å². The number of nitrogens with zero attached hydrogens (tertiary/aromatic N) is 2. The second-order valence-electron chi connectivity index (χ2n) is 6.30. The average molecular weight is 337 g/mol. The molecule has 25 heavy (non-hydrogen) atoms. The summed E-state index contributed by atoms with van der Waals surface area (Å²) in [6, 6.07) is 11.8. The van der Waals surface area contributed by atoms with Gasteiger partial charge in [-0.1, -0.05) is 6.92 Å². The highest BCUT2D eigenvalue weighted by Gasteiger charge is 2.35. The van der Waals surface area contributed by atoms with Crippen molar-refractivity contribution in [1.29, 1.82) is 5.26 Å². The SMILES string of the molecule is CC1CCN(C(=O)C(=O)Nc2ccc(C#N)cc2)C(c2ccco2)C1. The lowest BCUT2D eigenvalue weighted by molar-refractivity contribution is -0.146. The van der Waals surface area contributed by atoms with Gasteiger partial charge < -0.3 is 14.6 Å². The number of piperidine rings is 1. The van der Waals surface area contributed by atoms with E-state index in [1.165, 1.54) is 0 Å². The molecule has 1 aliphatic heterocycles. The van der Waals surface area contributed by atoms with Crippen molar-refractivity contribution in [1.82, 2.24) is 4.90 Å². The summed E-state index contributed by atoms with van der Waals surface area (Å²) in [6.07, 6.45) is 3.20. The predicted octanol–water partition coefficient (Wildman–Crippen LogP) is 3.09. The van der Waals surface area contributed by atoms with E-state index in [1.54, 1.807) is 41.5 Å². The zero-order valence-corrected chi connectivity index (χ0v) is 13.9. The quantitative estimate of drug-likeness (QED) is 0.853. The number of anilines is 1. The number of hydrogen-bond donors (Lipinski definition) is 1. The molecule has 2 unspecified atom stereocenters. The fraction of sp³-hybridized carbons (Fsp3) is 0.316. The summed E-state index contributed by atoms with van der Waals surface area (Å²) < 4.78 is 5.47. The average Bonchev–Trinajstić information content (AvgIpc) is 3.16. The van der Waals surface area contributed by atoms with Crippen molar-refractivity contribution >= 4 is 17.5 Å². The minimum absolute atomic E-state index is 0.224. The minimum atomic E-state index is -0.684. The number of amides is 2.